The molecule has 2 aromatic heterocycles. The molecule has 32 heavy (non-hydrogen) atoms. The fourth-order valence-corrected chi connectivity index (χ4v) is 3.89. The first-order valence-corrected chi connectivity index (χ1v) is 10.5. The van der Waals surface area contributed by atoms with Crippen LogP contribution in [0.25, 0.3) is 10.9 Å². The number of pyridine rings is 1. The largest absolute Gasteiger partial charge is 0.380 e. The summed E-state index contributed by atoms with van der Waals surface area (Å²) in [6.45, 7) is 2.86. The number of nitrogens with zero attached hydrogens (tertiary/aromatic N) is 4. The van der Waals surface area contributed by atoms with Crippen LogP contribution in [0.2, 0.25) is 5.02 Å². The van der Waals surface area contributed by atoms with Gasteiger partial charge in [0, 0.05) is 52.6 Å². The number of benzene rings is 2. The Labute approximate surface area is 191 Å². The van der Waals surface area contributed by atoms with Crippen LogP contribution in [-0.4, -0.2) is 22.9 Å². The highest BCUT2D eigenvalue weighted by Gasteiger charge is 2.12. The summed E-state index contributed by atoms with van der Waals surface area (Å²) in [5.41, 5.74) is 8.00. The molecule has 0 saturated carbocycles. The number of fused-ring (bicyclic) bond motifs is 1. The van der Waals surface area contributed by atoms with Crippen molar-refractivity contribution in [2.75, 3.05) is 12.5 Å². The van der Waals surface area contributed by atoms with E-state index in [1.54, 1.807) is 13.3 Å². The number of nitrogens with one attached hydrogen (secondary N) is 1. The van der Waals surface area contributed by atoms with Gasteiger partial charge in [-0.15, -0.1) is 0 Å². The van der Waals surface area contributed by atoms with Crippen molar-refractivity contribution < 1.29 is 4.74 Å². The topological polar surface area (TPSA) is 75.2 Å². The number of para-hydroxylation sites is 1. The summed E-state index contributed by atoms with van der Waals surface area (Å²) in [7, 11) is 1.60. The number of nitriles is 1. The maximum Gasteiger partial charge on any atom is 0.164 e. The SMILES string of the molecule is COCc1cc(C)nc(N/N=C/c2cn(Cc3ccccc3Cl)c3ccccc23)c1C#N. The van der Waals surface area contributed by atoms with E-state index in [0.29, 0.717) is 24.5 Å². The highest BCUT2D eigenvalue weighted by molar-refractivity contribution is 6.31. The van der Waals surface area contributed by atoms with Gasteiger partial charge in [0.05, 0.1) is 12.8 Å². The standard InChI is InChI=1S/C25H22ClN5O/c1-17-11-19(16-32-2)22(12-27)25(29-17)30-28-13-20-15-31(24-10-6-4-8-21(20)24)14-18-7-3-5-9-23(18)26/h3-11,13,15H,14,16H2,1-2H3,(H,29,30)/b28-13+. The van der Waals surface area contributed by atoms with Crippen molar-refractivity contribution in [1.29, 1.82) is 5.26 Å². The maximum atomic E-state index is 9.59. The van der Waals surface area contributed by atoms with E-state index in [0.717, 1.165) is 38.3 Å². The van der Waals surface area contributed by atoms with Gasteiger partial charge in [0.1, 0.15) is 11.6 Å². The number of hydrogen-bond donors (Lipinski definition) is 1. The number of hydrazone groups is 1. The number of methoxy groups -OCH3 is 1. The lowest BCUT2D eigenvalue weighted by Crippen LogP contribution is -2.03. The first kappa shape index (κ1) is 21.6. The van der Waals surface area contributed by atoms with E-state index in [9.17, 15) is 5.26 Å². The second-order valence-electron chi connectivity index (χ2n) is 7.38. The number of halogens is 1. The van der Waals surface area contributed by atoms with Crippen LogP contribution < -0.4 is 5.43 Å². The molecule has 7 heteroatoms. The molecule has 0 aliphatic carbocycles. The van der Waals surface area contributed by atoms with Crippen molar-refractivity contribution in [3.63, 3.8) is 0 Å². The number of aromatic nitrogens is 2. The summed E-state index contributed by atoms with van der Waals surface area (Å²) in [5, 5.41) is 15.8. The molecule has 0 radical (unpaired) electrons. The lowest BCUT2D eigenvalue weighted by atomic mass is 10.1. The maximum absolute atomic E-state index is 9.59. The minimum Gasteiger partial charge on any atom is -0.380 e. The predicted molar refractivity (Wildman–Crippen MR) is 128 cm³/mol. The zero-order valence-electron chi connectivity index (χ0n) is 17.8. The van der Waals surface area contributed by atoms with Crippen LogP contribution in [-0.2, 0) is 17.9 Å². The van der Waals surface area contributed by atoms with Gasteiger partial charge in [-0.05, 0) is 30.7 Å². The molecule has 4 rings (SSSR count). The second-order valence-corrected chi connectivity index (χ2v) is 7.79. The van der Waals surface area contributed by atoms with Crippen molar-refractivity contribution in [3.8, 4) is 6.07 Å². The molecule has 0 unspecified atom stereocenters. The zero-order valence-corrected chi connectivity index (χ0v) is 18.6. The van der Waals surface area contributed by atoms with Crippen LogP contribution in [0.1, 0.15) is 27.9 Å². The van der Waals surface area contributed by atoms with Gasteiger partial charge in [-0.3, -0.25) is 5.43 Å². The molecule has 0 bridgehead atoms. The summed E-state index contributed by atoms with van der Waals surface area (Å²) in [6, 6.07) is 20.0. The Morgan fingerprint density at radius 2 is 1.97 bits per heavy atom. The van der Waals surface area contributed by atoms with Gasteiger partial charge in [-0.25, -0.2) is 4.98 Å². The van der Waals surface area contributed by atoms with E-state index in [-0.39, 0.29) is 0 Å². The van der Waals surface area contributed by atoms with Gasteiger partial charge < -0.3 is 9.30 Å². The summed E-state index contributed by atoms with van der Waals surface area (Å²) >= 11 is 6.37. The van der Waals surface area contributed by atoms with Crippen LogP contribution in [0.4, 0.5) is 5.82 Å². The van der Waals surface area contributed by atoms with E-state index < -0.39 is 0 Å². The predicted octanol–water partition coefficient (Wildman–Crippen LogP) is 5.51. The molecule has 0 fully saturated rings. The Bertz CT molecular complexity index is 1340. The fraction of sp³-hybridized carbons (Fsp3) is 0.160. The fourth-order valence-electron chi connectivity index (χ4n) is 3.70. The third-order valence-corrected chi connectivity index (χ3v) is 5.50. The van der Waals surface area contributed by atoms with Crippen LogP contribution in [0.3, 0.4) is 0 Å². The van der Waals surface area contributed by atoms with Crippen LogP contribution in [0, 0.1) is 18.3 Å². The van der Waals surface area contributed by atoms with E-state index >= 15 is 0 Å². The lowest BCUT2D eigenvalue weighted by molar-refractivity contribution is 0.184. The minimum atomic E-state index is 0.334. The molecule has 2 heterocycles. The first-order valence-electron chi connectivity index (χ1n) is 10.1. The molecule has 0 aliphatic rings. The average molecular weight is 444 g/mol. The Hall–Kier alpha value is -3.66. The Morgan fingerprint density at radius 3 is 2.75 bits per heavy atom. The molecule has 0 amide bonds. The highest BCUT2D eigenvalue weighted by atomic mass is 35.5. The van der Waals surface area contributed by atoms with Gasteiger partial charge >= 0.3 is 0 Å². The molecule has 1 N–H and O–H groups in total. The number of aryl methyl sites for hydroxylation is 1. The molecule has 0 atom stereocenters. The van der Waals surface area contributed by atoms with Crippen molar-refractivity contribution >= 4 is 34.5 Å². The van der Waals surface area contributed by atoms with Crippen LogP contribution in [0.15, 0.2) is 65.9 Å². The molecule has 4 aromatic rings. The number of hydrogen-bond acceptors (Lipinski definition) is 5. The Balaban J connectivity index is 1.65. The average Bonchev–Trinajstić information content (AvgIpc) is 3.13. The molecule has 0 spiro atoms. The number of ether oxygens (including phenoxy) is 1. The van der Waals surface area contributed by atoms with Crippen LogP contribution in [0.5, 0.6) is 0 Å². The molecule has 160 valence electrons. The van der Waals surface area contributed by atoms with E-state index in [1.807, 2.05) is 55.6 Å². The summed E-state index contributed by atoms with van der Waals surface area (Å²) in [5.74, 6) is 0.413. The smallest absolute Gasteiger partial charge is 0.164 e. The van der Waals surface area contributed by atoms with Gasteiger partial charge in [0.25, 0.3) is 0 Å². The third kappa shape index (κ3) is 4.50. The number of anilines is 1. The summed E-state index contributed by atoms with van der Waals surface area (Å²) in [4.78, 5) is 4.43. The van der Waals surface area contributed by atoms with Crippen molar-refractivity contribution in [1.82, 2.24) is 9.55 Å². The van der Waals surface area contributed by atoms with Gasteiger partial charge in [0.15, 0.2) is 5.82 Å². The van der Waals surface area contributed by atoms with Crippen molar-refractivity contribution in [2.24, 2.45) is 5.10 Å². The summed E-state index contributed by atoms with van der Waals surface area (Å²) < 4.78 is 7.36. The second kappa shape index (κ2) is 9.65. The zero-order chi connectivity index (χ0) is 22.5. The molecule has 0 aliphatic heterocycles. The van der Waals surface area contributed by atoms with E-state index in [2.05, 4.69) is 38.3 Å². The molecular formula is C25H22ClN5O. The molecule has 2 aromatic carbocycles. The quantitative estimate of drug-likeness (QED) is 0.302. The first-order chi connectivity index (χ1) is 15.6. The van der Waals surface area contributed by atoms with E-state index in [4.69, 9.17) is 16.3 Å². The highest BCUT2D eigenvalue weighted by Crippen LogP contribution is 2.24. The molecule has 0 saturated heterocycles. The Kier molecular flexibility index (Phi) is 6.50. The van der Waals surface area contributed by atoms with Gasteiger partial charge in [-0.1, -0.05) is 48.0 Å². The van der Waals surface area contributed by atoms with Crippen molar-refractivity contribution in [2.45, 2.75) is 20.1 Å². The molecular weight excluding hydrogens is 422 g/mol. The van der Waals surface area contributed by atoms with E-state index in [1.165, 1.54) is 0 Å². The van der Waals surface area contributed by atoms with Crippen molar-refractivity contribution in [3.05, 3.63) is 93.8 Å². The monoisotopic (exact) mass is 443 g/mol. The van der Waals surface area contributed by atoms with Gasteiger partial charge in [0.2, 0.25) is 0 Å². The molecule has 6 nitrogen and oxygen atoms in total. The normalized spacial score (nSPS) is 11.2. The summed E-state index contributed by atoms with van der Waals surface area (Å²) in [6.07, 6.45) is 3.79. The Morgan fingerprint density at radius 1 is 1.19 bits per heavy atom. The third-order valence-electron chi connectivity index (χ3n) is 5.13. The minimum absolute atomic E-state index is 0.334. The van der Waals surface area contributed by atoms with Gasteiger partial charge in [-0.2, -0.15) is 10.4 Å². The number of rotatable bonds is 7. The van der Waals surface area contributed by atoms with Crippen LogP contribution >= 0.6 is 11.6 Å². The lowest BCUT2D eigenvalue weighted by Gasteiger charge is -2.09.